The minimum Gasteiger partial charge on any atom is -0.336 e. The molecule has 0 bridgehead atoms. The van der Waals surface area contributed by atoms with E-state index in [-0.39, 0.29) is 5.97 Å². The second-order valence-corrected chi connectivity index (χ2v) is 2.49. The molecule has 0 aliphatic carbocycles. The van der Waals surface area contributed by atoms with Gasteiger partial charge in [-0.3, -0.25) is 0 Å². The average molecular weight is 168 g/mol. The van der Waals surface area contributed by atoms with Crippen LogP contribution in [0.1, 0.15) is 26.2 Å². The predicted octanol–water partition coefficient (Wildman–Crippen LogP) is 1.03. The number of carbonyl (C=O) groups excluding carboxylic acids is 1. The van der Waals surface area contributed by atoms with Gasteiger partial charge in [-0.05, 0) is 6.42 Å². The number of unbranched alkanes of at least 4 members (excludes halogenated alkanes) is 1. The van der Waals surface area contributed by atoms with Crippen molar-refractivity contribution >= 4 is 5.97 Å². The van der Waals surface area contributed by atoms with E-state index in [1.54, 1.807) is 12.4 Å². The zero-order valence-electron chi connectivity index (χ0n) is 7.06. The zero-order valence-corrected chi connectivity index (χ0v) is 7.06. The SMILES string of the molecule is CCCCC(=O)On1ccnc1. The molecule has 1 rings (SSSR count). The van der Waals surface area contributed by atoms with Gasteiger partial charge in [0.05, 0.1) is 6.20 Å². The third-order valence-corrected chi connectivity index (χ3v) is 1.42. The van der Waals surface area contributed by atoms with Crippen molar-refractivity contribution in [2.45, 2.75) is 26.2 Å². The fraction of sp³-hybridized carbons (Fsp3) is 0.500. The zero-order chi connectivity index (χ0) is 8.81. The Labute approximate surface area is 71.1 Å². The van der Waals surface area contributed by atoms with Crippen molar-refractivity contribution in [3.63, 3.8) is 0 Å². The lowest BCUT2D eigenvalue weighted by atomic mass is 10.3. The highest BCUT2D eigenvalue weighted by Crippen LogP contribution is 1.94. The number of imidazole rings is 1. The maximum absolute atomic E-state index is 11.0. The van der Waals surface area contributed by atoms with E-state index in [1.165, 1.54) is 11.1 Å². The first kappa shape index (κ1) is 8.77. The van der Waals surface area contributed by atoms with Gasteiger partial charge >= 0.3 is 5.97 Å². The minimum atomic E-state index is -0.213. The van der Waals surface area contributed by atoms with E-state index in [1.807, 2.05) is 6.92 Å². The molecular weight excluding hydrogens is 156 g/mol. The molecule has 0 spiro atoms. The van der Waals surface area contributed by atoms with Gasteiger partial charge in [0.25, 0.3) is 0 Å². The summed E-state index contributed by atoms with van der Waals surface area (Å²) in [5.74, 6) is -0.213. The number of aromatic nitrogens is 2. The van der Waals surface area contributed by atoms with Crippen LogP contribution in [-0.2, 0) is 4.79 Å². The molecule has 66 valence electrons. The van der Waals surface area contributed by atoms with E-state index in [4.69, 9.17) is 4.84 Å². The number of rotatable bonds is 4. The van der Waals surface area contributed by atoms with Gasteiger partial charge in [0.1, 0.15) is 6.33 Å². The highest BCUT2D eigenvalue weighted by atomic mass is 16.7. The highest BCUT2D eigenvalue weighted by Gasteiger charge is 2.01. The van der Waals surface area contributed by atoms with Crippen LogP contribution in [0, 0.1) is 0 Å². The predicted molar refractivity (Wildman–Crippen MR) is 43.3 cm³/mol. The van der Waals surface area contributed by atoms with Crippen LogP contribution in [0.5, 0.6) is 0 Å². The summed E-state index contributed by atoms with van der Waals surface area (Å²) in [6, 6.07) is 0. The van der Waals surface area contributed by atoms with Crippen molar-refractivity contribution in [3.05, 3.63) is 18.7 Å². The average Bonchev–Trinajstić information content (AvgIpc) is 2.53. The van der Waals surface area contributed by atoms with Gasteiger partial charge in [0.2, 0.25) is 0 Å². The monoisotopic (exact) mass is 168 g/mol. The summed E-state index contributed by atoms with van der Waals surface area (Å²) in [6.45, 7) is 2.03. The first-order valence-electron chi connectivity index (χ1n) is 4.02. The molecule has 0 N–H and O–H groups in total. The van der Waals surface area contributed by atoms with Gasteiger partial charge in [-0.15, -0.1) is 0 Å². The Hall–Kier alpha value is -1.32. The van der Waals surface area contributed by atoms with E-state index in [0.29, 0.717) is 6.42 Å². The molecule has 4 nitrogen and oxygen atoms in total. The van der Waals surface area contributed by atoms with Crippen molar-refractivity contribution in [3.8, 4) is 0 Å². The highest BCUT2D eigenvalue weighted by molar-refractivity contribution is 5.69. The van der Waals surface area contributed by atoms with E-state index in [9.17, 15) is 4.79 Å². The molecule has 1 aromatic heterocycles. The van der Waals surface area contributed by atoms with E-state index >= 15 is 0 Å². The van der Waals surface area contributed by atoms with E-state index < -0.39 is 0 Å². The molecule has 0 aromatic carbocycles. The third kappa shape index (κ3) is 2.74. The van der Waals surface area contributed by atoms with Crippen molar-refractivity contribution in [1.29, 1.82) is 0 Å². The van der Waals surface area contributed by atoms with Crippen LogP contribution in [0.15, 0.2) is 18.7 Å². The maximum Gasteiger partial charge on any atom is 0.332 e. The van der Waals surface area contributed by atoms with Crippen LogP contribution in [0.4, 0.5) is 0 Å². The Balaban J connectivity index is 2.27. The Morgan fingerprint density at radius 1 is 1.67 bits per heavy atom. The summed E-state index contributed by atoms with van der Waals surface area (Å²) < 4.78 is 1.30. The Bertz CT molecular complexity index is 231. The fourth-order valence-corrected chi connectivity index (χ4v) is 0.785. The Morgan fingerprint density at radius 2 is 2.50 bits per heavy atom. The molecule has 0 unspecified atom stereocenters. The number of hydrogen-bond donors (Lipinski definition) is 0. The largest absolute Gasteiger partial charge is 0.336 e. The van der Waals surface area contributed by atoms with Gasteiger partial charge in [-0.1, -0.05) is 13.3 Å². The molecule has 0 aliphatic rings. The van der Waals surface area contributed by atoms with E-state index in [2.05, 4.69) is 4.98 Å². The molecule has 0 fully saturated rings. The first-order chi connectivity index (χ1) is 5.83. The fourth-order valence-electron chi connectivity index (χ4n) is 0.785. The first-order valence-corrected chi connectivity index (χ1v) is 4.02. The second-order valence-electron chi connectivity index (χ2n) is 2.49. The number of hydrogen-bond acceptors (Lipinski definition) is 3. The molecule has 12 heavy (non-hydrogen) atoms. The van der Waals surface area contributed by atoms with Gasteiger partial charge in [0.15, 0.2) is 0 Å². The lowest BCUT2D eigenvalue weighted by Crippen LogP contribution is -2.17. The van der Waals surface area contributed by atoms with Crippen LogP contribution < -0.4 is 4.84 Å². The molecule has 4 heteroatoms. The molecule has 0 atom stereocenters. The molecular formula is C8H12N2O2. The minimum absolute atomic E-state index is 0.213. The molecule has 1 aromatic rings. The maximum atomic E-state index is 11.0. The molecule has 0 saturated carbocycles. The summed E-state index contributed by atoms with van der Waals surface area (Å²) in [7, 11) is 0. The molecule has 1 heterocycles. The van der Waals surface area contributed by atoms with Crippen molar-refractivity contribution in [1.82, 2.24) is 9.71 Å². The summed E-state index contributed by atoms with van der Waals surface area (Å²) in [5, 5.41) is 0. The second kappa shape index (κ2) is 4.54. The number of nitrogens with zero attached hydrogens (tertiary/aromatic N) is 2. The van der Waals surface area contributed by atoms with Crippen LogP contribution in [0.2, 0.25) is 0 Å². The van der Waals surface area contributed by atoms with Crippen molar-refractivity contribution < 1.29 is 9.63 Å². The van der Waals surface area contributed by atoms with Gasteiger partial charge in [0, 0.05) is 12.6 Å². The topological polar surface area (TPSA) is 44.1 Å². The summed E-state index contributed by atoms with van der Waals surface area (Å²) >= 11 is 0. The lowest BCUT2D eigenvalue weighted by molar-refractivity contribution is -0.144. The number of carbonyl (C=O) groups is 1. The summed E-state index contributed by atoms with van der Waals surface area (Å²) in [6.07, 6.45) is 6.93. The van der Waals surface area contributed by atoms with Crippen LogP contribution in [-0.4, -0.2) is 15.7 Å². The van der Waals surface area contributed by atoms with Gasteiger partial charge in [-0.25, -0.2) is 9.78 Å². The molecule has 0 aliphatic heterocycles. The molecule has 0 radical (unpaired) electrons. The van der Waals surface area contributed by atoms with Crippen molar-refractivity contribution in [2.75, 3.05) is 0 Å². The van der Waals surface area contributed by atoms with Gasteiger partial charge < -0.3 is 4.84 Å². The van der Waals surface area contributed by atoms with Crippen LogP contribution >= 0.6 is 0 Å². The van der Waals surface area contributed by atoms with Crippen LogP contribution in [0.25, 0.3) is 0 Å². The smallest absolute Gasteiger partial charge is 0.332 e. The van der Waals surface area contributed by atoms with E-state index in [0.717, 1.165) is 12.8 Å². The lowest BCUT2D eigenvalue weighted by Gasteiger charge is -2.01. The molecule has 0 amide bonds. The van der Waals surface area contributed by atoms with Crippen molar-refractivity contribution in [2.24, 2.45) is 0 Å². The van der Waals surface area contributed by atoms with Gasteiger partial charge in [-0.2, -0.15) is 4.73 Å². The van der Waals surface area contributed by atoms with Crippen LogP contribution in [0.3, 0.4) is 0 Å². The third-order valence-electron chi connectivity index (χ3n) is 1.42. The normalized spacial score (nSPS) is 9.75. The Morgan fingerprint density at radius 3 is 3.08 bits per heavy atom. The summed E-state index contributed by atoms with van der Waals surface area (Å²) in [5.41, 5.74) is 0. The molecule has 0 saturated heterocycles. The summed E-state index contributed by atoms with van der Waals surface area (Å²) in [4.78, 5) is 19.6. The Kier molecular flexibility index (Phi) is 3.32. The standard InChI is InChI=1S/C8H12N2O2/c1-2-3-4-8(11)12-10-6-5-9-7-10/h5-7H,2-4H2,1H3. The quantitative estimate of drug-likeness (QED) is 0.674.